The van der Waals surface area contributed by atoms with Gasteiger partial charge in [0.05, 0.1) is 12.0 Å². The number of amides is 1. The highest BCUT2D eigenvalue weighted by Crippen LogP contribution is 2.43. The van der Waals surface area contributed by atoms with Crippen LogP contribution in [0.3, 0.4) is 0 Å². The van der Waals surface area contributed by atoms with E-state index in [9.17, 15) is 4.79 Å². The molecule has 1 aliphatic carbocycles. The summed E-state index contributed by atoms with van der Waals surface area (Å²) in [6.07, 6.45) is 8.73. The summed E-state index contributed by atoms with van der Waals surface area (Å²) in [5.41, 5.74) is 1.17. The summed E-state index contributed by atoms with van der Waals surface area (Å²) in [6, 6.07) is 8.91. The van der Waals surface area contributed by atoms with Gasteiger partial charge in [0.25, 0.3) is 0 Å². The predicted molar refractivity (Wildman–Crippen MR) is 115 cm³/mol. The number of likely N-dealkylation sites (tertiary alicyclic amines) is 1. The quantitative estimate of drug-likeness (QED) is 0.668. The number of likely N-dealkylation sites (N-methyl/N-ethyl adjacent to an activating group) is 1. The van der Waals surface area contributed by atoms with Gasteiger partial charge in [-0.1, -0.05) is 28.1 Å². The van der Waals surface area contributed by atoms with Crippen LogP contribution in [0.5, 0.6) is 0 Å². The smallest absolute Gasteiger partial charge is 0.227 e. The van der Waals surface area contributed by atoms with E-state index in [1.807, 2.05) is 12.1 Å². The highest BCUT2D eigenvalue weighted by atomic mass is 79.9. The second-order valence-corrected chi connectivity index (χ2v) is 9.65. The minimum atomic E-state index is 0.0813. The Hall–Kier alpha value is -0.910. The van der Waals surface area contributed by atoms with Crippen molar-refractivity contribution in [3.05, 3.63) is 34.3 Å². The maximum Gasteiger partial charge on any atom is 0.227 e. The van der Waals surface area contributed by atoms with E-state index in [1.165, 1.54) is 38.8 Å². The molecular weight excluding hydrogens is 416 g/mol. The fourth-order valence-electron chi connectivity index (χ4n) is 5.62. The van der Waals surface area contributed by atoms with Gasteiger partial charge in [0.2, 0.25) is 5.91 Å². The standard InChI is InChI=1S/C23H33BrN2O2/c1-2-26(22(27)16-18-6-8-19(24)9-7-18)20-10-12-23(11-5-15-28-23)17-21(20)25-13-3-4-14-25/h6-9,20-21H,2-5,10-17H2,1H3. The van der Waals surface area contributed by atoms with E-state index in [2.05, 4.69) is 44.8 Å². The molecule has 154 valence electrons. The Bertz CT molecular complexity index is 666. The first-order chi connectivity index (χ1) is 13.6. The van der Waals surface area contributed by atoms with Crippen molar-refractivity contribution in [1.29, 1.82) is 0 Å². The molecule has 0 aromatic heterocycles. The average Bonchev–Trinajstić information content (AvgIpc) is 3.38. The van der Waals surface area contributed by atoms with Crippen LogP contribution in [0, 0.1) is 0 Å². The monoisotopic (exact) mass is 448 g/mol. The maximum atomic E-state index is 13.3. The van der Waals surface area contributed by atoms with Crippen LogP contribution in [0.1, 0.15) is 57.4 Å². The molecule has 4 nitrogen and oxygen atoms in total. The number of carbonyl (C=O) groups is 1. The second-order valence-electron chi connectivity index (χ2n) is 8.74. The van der Waals surface area contributed by atoms with Crippen LogP contribution in [0.25, 0.3) is 0 Å². The van der Waals surface area contributed by atoms with E-state index in [-0.39, 0.29) is 11.5 Å². The molecule has 2 saturated heterocycles. The first-order valence-corrected chi connectivity index (χ1v) is 11.8. The Morgan fingerprint density at radius 3 is 2.61 bits per heavy atom. The normalized spacial score (nSPS) is 30.8. The summed E-state index contributed by atoms with van der Waals surface area (Å²) in [4.78, 5) is 18.1. The molecule has 0 bridgehead atoms. The SMILES string of the molecule is CCN(C(=O)Cc1ccc(Br)cc1)C1CCC2(CCCO2)CC1N1CCCC1. The Morgan fingerprint density at radius 2 is 1.96 bits per heavy atom. The maximum absolute atomic E-state index is 13.3. The van der Waals surface area contributed by atoms with E-state index in [4.69, 9.17) is 4.74 Å². The van der Waals surface area contributed by atoms with Crippen LogP contribution in [0.15, 0.2) is 28.7 Å². The van der Waals surface area contributed by atoms with Gasteiger partial charge in [0.1, 0.15) is 0 Å². The topological polar surface area (TPSA) is 32.8 Å². The molecule has 0 radical (unpaired) electrons. The van der Waals surface area contributed by atoms with Gasteiger partial charge in [-0.05, 0) is 82.7 Å². The van der Waals surface area contributed by atoms with Crippen molar-refractivity contribution in [3.8, 4) is 0 Å². The van der Waals surface area contributed by atoms with Gasteiger partial charge in [0.15, 0.2) is 0 Å². The van der Waals surface area contributed by atoms with Gasteiger partial charge in [-0.15, -0.1) is 0 Å². The highest BCUT2D eigenvalue weighted by molar-refractivity contribution is 9.10. The number of ether oxygens (including phenoxy) is 1. The molecule has 3 aliphatic rings. The van der Waals surface area contributed by atoms with Gasteiger partial charge in [0, 0.05) is 29.7 Å². The minimum absolute atomic E-state index is 0.0813. The fourth-order valence-corrected chi connectivity index (χ4v) is 5.88. The van der Waals surface area contributed by atoms with Crippen LogP contribution >= 0.6 is 15.9 Å². The highest BCUT2D eigenvalue weighted by Gasteiger charge is 2.47. The van der Waals surface area contributed by atoms with Gasteiger partial charge < -0.3 is 9.64 Å². The lowest BCUT2D eigenvalue weighted by atomic mass is 9.76. The third-order valence-corrected chi connectivity index (χ3v) is 7.57. The molecule has 1 amide bonds. The first kappa shape index (κ1) is 20.4. The van der Waals surface area contributed by atoms with Crippen LogP contribution in [-0.4, -0.2) is 59.6 Å². The molecule has 2 heterocycles. The Kier molecular flexibility index (Phi) is 6.43. The molecule has 3 unspecified atom stereocenters. The summed E-state index contributed by atoms with van der Waals surface area (Å²) < 4.78 is 7.32. The van der Waals surface area contributed by atoms with Crippen molar-refractivity contribution in [2.45, 2.75) is 76.0 Å². The number of benzene rings is 1. The van der Waals surface area contributed by atoms with Crippen molar-refractivity contribution in [3.63, 3.8) is 0 Å². The number of hydrogen-bond acceptors (Lipinski definition) is 3. The minimum Gasteiger partial charge on any atom is -0.375 e. The van der Waals surface area contributed by atoms with Crippen LogP contribution < -0.4 is 0 Å². The van der Waals surface area contributed by atoms with Crippen LogP contribution in [0.4, 0.5) is 0 Å². The lowest BCUT2D eigenvalue weighted by molar-refractivity contribution is -0.138. The zero-order valence-electron chi connectivity index (χ0n) is 17.0. The lowest BCUT2D eigenvalue weighted by Gasteiger charge is -2.49. The van der Waals surface area contributed by atoms with Crippen molar-refractivity contribution in [2.75, 3.05) is 26.2 Å². The zero-order valence-corrected chi connectivity index (χ0v) is 18.6. The van der Waals surface area contributed by atoms with Gasteiger partial charge in [-0.2, -0.15) is 0 Å². The van der Waals surface area contributed by atoms with E-state index in [0.29, 0.717) is 18.5 Å². The lowest BCUT2D eigenvalue weighted by Crippen LogP contribution is -2.59. The van der Waals surface area contributed by atoms with Gasteiger partial charge in [-0.3, -0.25) is 9.69 Å². The predicted octanol–water partition coefficient (Wildman–Crippen LogP) is 4.41. The first-order valence-electron chi connectivity index (χ1n) is 11.0. The molecule has 28 heavy (non-hydrogen) atoms. The van der Waals surface area contributed by atoms with Gasteiger partial charge >= 0.3 is 0 Å². The summed E-state index contributed by atoms with van der Waals surface area (Å²) in [6.45, 7) is 6.19. The second kappa shape index (κ2) is 8.85. The number of rotatable bonds is 5. The number of carbonyl (C=O) groups excluding carboxylic acids is 1. The van der Waals surface area contributed by atoms with Crippen molar-refractivity contribution < 1.29 is 9.53 Å². The molecule has 1 spiro atoms. The molecule has 4 rings (SSSR count). The average molecular weight is 449 g/mol. The molecule has 3 atom stereocenters. The van der Waals surface area contributed by atoms with Crippen LogP contribution in [0.2, 0.25) is 0 Å². The third kappa shape index (κ3) is 4.31. The zero-order chi connectivity index (χ0) is 19.6. The largest absolute Gasteiger partial charge is 0.375 e. The van der Waals surface area contributed by atoms with E-state index in [0.717, 1.165) is 42.5 Å². The van der Waals surface area contributed by atoms with E-state index in [1.54, 1.807) is 0 Å². The Labute approximate surface area is 177 Å². The molecule has 1 saturated carbocycles. The summed E-state index contributed by atoms with van der Waals surface area (Å²) >= 11 is 3.48. The number of nitrogens with zero attached hydrogens (tertiary/aromatic N) is 2. The van der Waals surface area contributed by atoms with E-state index < -0.39 is 0 Å². The molecule has 0 N–H and O–H groups in total. The summed E-state index contributed by atoms with van der Waals surface area (Å²) in [5, 5.41) is 0. The Balaban J connectivity index is 1.51. The molecular formula is C23H33BrN2O2. The van der Waals surface area contributed by atoms with E-state index >= 15 is 0 Å². The summed E-state index contributed by atoms with van der Waals surface area (Å²) in [7, 11) is 0. The van der Waals surface area contributed by atoms with Crippen molar-refractivity contribution in [2.24, 2.45) is 0 Å². The molecule has 5 heteroatoms. The molecule has 2 aliphatic heterocycles. The van der Waals surface area contributed by atoms with Crippen molar-refractivity contribution >= 4 is 21.8 Å². The van der Waals surface area contributed by atoms with Gasteiger partial charge in [-0.25, -0.2) is 0 Å². The number of hydrogen-bond donors (Lipinski definition) is 0. The molecule has 1 aromatic rings. The molecule has 1 aromatic carbocycles. The van der Waals surface area contributed by atoms with Crippen LogP contribution in [-0.2, 0) is 16.0 Å². The molecule has 3 fully saturated rings. The number of halogens is 1. The third-order valence-electron chi connectivity index (χ3n) is 7.05. The fraction of sp³-hybridized carbons (Fsp3) is 0.696. The Morgan fingerprint density at radius 1 is 1.21 bits per heavy atom. The van der Waals surface area contributed by atoms with Crippen molar-refractivity contribution in [1.82, 2.24) is 9.80 Å². The summed E-state index contributed by atoms with van der Waals surface area (Å²) in [5.74, 6) is 0.266.